The van der Waals surface area contributed by atoms with Crippen LogP contribution in [0.25, 0.3) is 0 Å². The number of benzene rings is 1. The number of nitrogens with one attached hydrogen (secondary N) is 3. The van der Waals surface area contributed by atoms with Gasteiger partial charge in [0.25, 0.3) is 0 Å². The zero-order valence-electron chi connectivity index (χ0n) is 17.3. The molecular weight excluding hydrogens is 362 g/mol. The maximum Gasteiger partial charge on any atom is 0.408 e. The molecule has 0 fully saturated rings. The SMILES string of the molecule is CC(C)[C@@H](NC(=O)OC(C)(C)C)C(=O)N[C@H](C)C(=O)Nc1ccc(CO)cc1. The molecule has 0 saturated carbocycles. The predicted octanol–water partition coefficient (Wildman–Crippen LogP) is 2.17. The molecule has 8 heteroatoms. The van der Waals surface area contributed by atoms with Crippen LogP contribution in [-0.2, 0) is 20.9 Å². The number of amides is 3. The Morgan fingerprint density at radius 2 is 1.57 bits per heavy atom. The van der Waals surface area contributed by atoms with Crippen molar-refractivity contribution in [2.75, 3.05) is 5.32 Å². The minimum atomic E-state index is -0.839. The van der Waals surface area contributed by atoms with Gasteiger partial charge < -0.3 is 25.8 Å². The molecule has 156 valence electrons. The van der Waals surface area contributed by atoms with Crippen LogP contribution in [0.5, 0.6) is 0 Å². The molecule has 0 aliphatic carbocycles. The lowest BCUT2D eigenvalue weighted by Crippen LogP contribution is -2.54. The average Bonchev–Trinajstić information content (AvgIpc) is 2.58. The zero-order chi connectivity index (χ0) is 21.5. The second-order valence-corrected chi connectivity index (χ2v) is 7.94. The summed E-state index contributed by atoms with van der Waals surface area (Å²) in [5, 5.41) is 16.9. The maximum atomic E-state index is 12.5. The smallest absolute Gasteiger partial charge is 0.408 e. The molecule has 0 aromatic heterocycles. The zero-order valence-corrected chi connectivity index (χ0v) is 17.3. The molecule has 4 N–H and O–H groups in total. The standard InChI is InChI=1S/C20H31N3O5/c1-12(2)16(23-19(27)28-20(4,5)6)18(26)21-13(3)17(25)22-15-9-7-14(11-24)8-10-15/h7-10,12-13,16,24H,11H2,1-6H3,(H,21,26)(H,22,25)(H,23,27)/t13-,16-/m1/s1. The fourth-order valence-electron chi connectivity index (χ4n) is 2.28. The highest BCUT2D eigenvalue weighted by atomic mass is 16.6. The first-order valence-electron chi connectivity index (χ1n) is 9.23. The lowest BCUT2D eigenvalue weighted by atomic mass is 10.0. The fraction of sp³-hybridized carbons (Fsp3) is 0.550. The third-order valence-electron chi connectivity index (χ3n) is 3.78. The lowest BCUT2D eigenvalue weighted by molar-refractivity contribution is -0.128. The van der Waals surface area contributed by atoms with E-state index in [1.165, 1.54) is 0 Å². The summed E-state index contributed by atoms with van der Waals surface area (Å²) in [5.41, 5.74) is 0.601. The van der Waals surface area contributed by atoms with E-state index in [0.717, 1.165) is 5.56 Å². The van der Waals surface area contributed by atoms with Crippen LogP contribution in [0.1, 0.15) is 47.1 Å². The van der Waals surface area contributed by atoms with E-state index in [-0.39, 0.29) is 12.5 Å². The van der Waals surface area contributed by atoms with E-state index in [0.29, 0.717) is 5.69 Å². The number of alkyl carbamates (subject to hydrolysis) is 1. The van der Waals surface area contributed by atoms with Gasteiger partial charge in [0.2, 0.25) is 11.8 Å². The Balaban J connectivity index is 2.67. The summed E-state index contributed by atoms with van der Waals surface area (Å²) in [6.07, 6.45) is -0.692. The van der Waals surface area contributed by atoms with Gasteiger partial charge in [0.15, 0.2) is 0 Å². The number of hydrogen-bond acceptors (Lipinski definition) is 5. The van der Waals surface area contributed by atoms with Crippen LogP contribution in [0, 0.1) is 5.92 Å². The maximum absolute atomic E-state index is 12.5. The van der Waals surface area contributed by atoms with Gasteiger partial charge in [-0.3, -0.25) is 9.59 Å². The molecular formula is C20H31N3O5. The molecule has 0 unspecified atom stereocenters. The highest BCUT2D eigenvalue weighted by molar-refractivity contribution is 5.98. The van der Waals surface area contributed by atoms with Crippen molar-refractivity contribution < 1.29 is 24.2 Å². The molecule has 2 atom stereocenters. The van der Waals surface area contributed by atoms with Crippen LogP contribution in [0.15, 0.2) is 24.3 Å². The summed E-state index contributed by atoms with van der Waals surface area (Å²) in [5.74, 6) is -1.07. The second-order valence-electron chi connectivity index (χ2n) is 7.94. The highest BCUT2D eigenvalue weighted by Crippen LogP contribution is 2.11. The normalized spacial score (nSPS) is 13.4. The third-order valence-corrected chi connectivity index (χ3v) is 3.78. The van der Waals surface area contributed by atoms with Gasteiger partial charge in [-0.25, -0.2) is 4.79 Å². The van der Waals surface area contributed by atoms with Crippen molar-refractivity contribution in [3.05, 3.63) is 29.8 Å². The number of rotatable bonds is 7. The average molecular weight is 393 g/mol. The van der Waals surface area contributed by atoms with E-state index in [4.69, 9.17) is 9.84 Å². The van der Waals surface area contributed by atoms with Crippen LogP contribution >= 0.6 is 0 Å². The lowest BCUT2D eigenvalue weighted by Gasteiger charge is -2.26. The van der Waals surface area contributed by atoms with Crippen molar-refractivity contribution in [3.8, 4) is 0 Å². The van der Waals surface area contributed by atoms with E-state index in [9.17, 15) is 14.4 Å². The van der Waals surface area contributed by atoms with Gasteiger partial charge in [0, 0.05) is 5.69 Å². The molecule has 3 amide bonds. The molecule has 1 aromatic rings. The number of carbonyl (C=O) groups is 3. The van der Waals surface area contributed by atoms with Crippen molar-refractivity contribution in [2.24, 2.45) is 5.92 Å². The van der Waals surface area contributed by atoms with Crippen LogP contribution in [0.2, 0.25) is 0 Å². The van der Waals surface area contributed by atoms with E-state index in [2.05, 4.69) is 16.0 Å². The van der Waals surface area contributed by atoms with Gasteiger partial charge in [-0.2, -0.15) is 0 Å². The Hall–Kier alpha value is -2.61. The summed E-state index contributed by atoms with van der Waals surface area (Å²) in [6.45, 7) is 10.2. The quantitative estimate of drug-likeness (QED) is 0.566. The number of anilines is 1. The summed E-state index contributed by atoms with van der Waals surface area (Å²) in [4.78, 5) is 36.8. The molecule has 0 saturated heterocycles. The van der Waals surface area contributed by atoms with Gasteiger partial charge >= 0.3 is 6.09 Å². The van der Waals surface area contributed by atoms with Gasteiger partial charge in [-0.1, -0.05) is 26.0 Å². The van der Waals surface area contributed by atoms with E-state index in [1.807, 2.05) is 0 Å². The van der Waals surface area contributed by atoms with Crippen molar-refractivity contribution in [3.63, 3.8) is 0 Å². The molecule has 28 heavy (non-hydrogen) atoms. The number of aliphatic hydroxyl groups is 1. The first-order valence-corrected chi connectivity index (χ1v) is 9.23. The predicted molar refractivity (Wildman–Crippen MR) is 107 cm³/mol. The molecule has 0 aliphatic heterocycles. The Morgan fingerprint density at radius 1 is 1.00 bits per heavy atom. The third kappa shape index (κ3) is 7.96. The molecule has 0 heterocycles. The largest absolute Gasteiger partial charge is 0.444 e. The summed E-state index contributed by atoms with van der Waals surface area (Å²) in [6, 6.07) is 5.06. The van der Waals surface area contributed by atoms with E-state index < -0.39 is 35.6 Å². The van der Waals surface area contributed by atoms with Crippen molar-refractivity contribution in [1.29, 1.82) is 0 Å². The Morgan fingerprint density at radius 3 is 2.04 bits per heavy atom. The molecule has 0 spiro atoms. The van der Waals surface area contributed by atoms with Crippen molar-refractivity contribution >= 4 is 23.6 Å². The van der Waals surface area contributed by atoms with Crippen molar-refractivity contribution in [2.45, 2.75) is 65.8 Å². The van der Waals surface area contributed by atoms with Crippen LogP contribution in [0.4, 0.5) is 10.5 Å². The minimum Gasteiger partial charge on any atom is -0.444 e. The number of ether oxygens (including phenoxy) is 1. The Labute approximate surface area is 166 Å². The molecule has 0 radical (unpaired) electrons. The molecule has 0 aliphatic rings. The van der Waals surface area contributed by atoms with Gasteiger partial charge in [-0.05, 0) is 51.3 Å². The number of carbonyl (C=O) groups excluding carboxylic acids is 3. The molecule has 8 nitrogen and oxygen atoms in total. The summed E-state index contributed by atoms with van der Waals surface area (Å²) >= 11 is 0. The van der Waals surface area contributed by atoms with Crippen LogP contribution in [0.3, 0.4) is 0 Å². The fourth-order valence-corrected chi connectivity index (χ4v) is 2.28. The topological polar surface area (TPSA) is 117 Å². The minimum absolute atomic E-state index is 0.0814. The van der Waals surface area contributed by atoms with Crippen molar-refractivity contribution in [1.82, 2.24) is 10.6 Å². The first kappa shape index (κ1) is 23.4. The highest BCUT2D eigenvalue weighted by Gasteiger charge is 2.28. The van der Waals surface area contributed by atoms with Crippen LogP contribution in [-0.4, -0.2) is 40.7 Å². The number of hydrogen-bond donors (Lipinski definition) is 4. The monoisotopic (exact) mass is 393 g/mol. The van der Waals surface area contributed by atoms with Gasteiger partial charge in [0.1, 0.15) is 17.7 Å². The second kappa shape index (κ2) is 10.1. The van der Waals surface area contributed by atoms with Gasteiger partial charge in [-0.15, -0.1) is 0 Å². The van der Waals surface area contributed by atoms with Crippen LogP contribution < -0.4 is 16.0 Å². The van der Waals surface area contributed by atoms with E-state index >= 15 is 0 Å². The Kier molecular flexibility index (Phi) is 8.43. The molecule has 0 bridgehead atoms. The molecule has 1 aromatic carbocycles. The molecule has 1 rings (SSSR count). The summed E-state index contributed by atoms with van der Waals surface area (Å²) in [7, 11) is 0. The summed E-state index contributed by atoms with van der Waals surface area (Å²) < 4.78 is 5.19. The number of aliphatic hydroxyl groups excluding tert-OH is 1. The van der Waals surface area contributed by atoms with E-state index in [1.54, 1.807) is 65.8 Å². The van der Waals surface area contributed by atoms with Gasteiger partial charge in [0.05, 0.1) is 6.61 Å². The first-order chi connectivity index (χ1) is 12.9. The Bertz CT molecular complexity index is 680.